The summed E-state index contributed by atoms with van der Waals surface area (Å²) in [6.07, 6.45) is 2.75. The summed E-state index contributed by atoms with van der Waals surface area (Å²) in [5.41, 5.74) is 2.05. The lowest BCUT2D eigenvalue weighted by molar-refractivity contribution is -0.00683. The third-order valence-electron chi connectivity index (χ3n) is 5.25. The first-order valence-electron chi connectivity index (χ1n) is 10.1. The highest BCUT2D eigenvalue weighted by atomic mass is 127. The number of nitrogens with zero attached hydrogens (tertiary/aromatic N) is 2. The van der Waals surface area contributed by atoms with Gasteiger partial charge in [0.2, 0.25) is 0 Å². The number of aromatic amines is 1. The van der Waals surface area contributed by atoms with Gasteiger partial charge in [0.1, 0.15) is 5.82 Å². The number of benzene rings is 1. The minimum Gasteiger partial charge on any atom is -0.379 e. The number of hydrogen-bond acceptors (Lipinski definition) is 3. The predicted molar refractivity (Wildman–Crippen MR) is 128 cm³/mol. The van der Waals surface area contributed by atoms with E-state index in [0.29, 0.717) is 6.54 Å². The molecule has 1 aromatic carbocycles. The highest BCUT2D eigenvalue weighted by Crippen LogP contribution is 2.19. The number of guanidine groups is 1. The number of fused-ring (bicyclic) bond motifs is 1. The van der Waals surface area contributed by atoms with Crippen molar-refractivity contribution >= 4 is 40.8 Å². The third-order valence-corrected chi connectivity index (χ3v) is 5.25. The zero-order chi connectivity index (χ0) is 20.0. The SMILES string of the molecule is CCNC(=NCC(C)(C)N1CCOCC1)NCCc1c[nH]c2ccc(F)cc12.I. The van der Waals surface area contributed by atoms with Gasteiger partial charge in [0.15, 0.2) is 5.96 Å². The van der Waals surface area contributed by atoms with Crippen molar-refractivity contribution in [2.75, 3.05) is 45.9 Å². The molecular formula is C21H33FIN5O. The molecule has 1 aromatic heterocycles. The van der Waals surface area contributed by atoms with E-state index in [9.17, 15) is 4.39 Å². The Kier molecular flexibility index (Phi) is 9.16. The topological polar surface area (TPSA) is 64.7 Å². The molecule has 162 valence electrons. The standard InChI is InChI=1S/C21H32FN5O.HI/c1-4-23-20(26-15-21(2,3)27-9-11-28-12-10-27)24-8-7-16-14-25-19-6-5-17(22)13-18(16)19;/h5-6,13-14,25H,4,7-12,15H2,1-3H3,(H2,23,24,26);1H. The Balaban J connectivity index is 0.00000300. The maximum Gasteiger partial charge on any atom is 0.191 e. The summed E-state index contributed by atoms with van der Waals surface area (Å²) in [6.45, 7) is 12.2. The monoisotopic (exact) mass is 517 g/mol. The molecule has 1 aliphatic rings. The van der Waals surface area contributed by atoms with Crippen LogP contribution in [0.2, 0.25) is 0 Å². The zero-order valence-electron chi connectivity index (χ0n) is 17.6. The molecule has 0 spiro atoms. The molecule has 0 unspecified atom stereocenters. The Bertz CT molecular complexity index is 801. The van der Waals surface area contributed by atoms with Crippen molar-refractivity contribution in [3.05, 3.63) is 35.8 Å². The van der Waals surface area contributed by atoms with Crippen molar-refractivity contribution in [2.24, 2.45) is 4.99 Å². The van der Waals surface area contributed by atoms with Gasteiger partial charge in [-0.3, -0.25) is 9.89 Å². The average Bonchev–Trinajstić information content (AvgIpc) is 3.09. The number of rotatable bonds is 7. The predicted octanol–water partition coefficient (Wildman–Crippen LogP) is 3.13. The molecule has 3 N–H and O–H groups in total. The van der Waals surface area contributed by atoms with Crippen molar-refractivity contribution in [1.82, 2.24) is 20.5 Å². The second-order valence-corrected chi connectivity index (χ2v) is 7.79. The van der Waals surface area contributed by atoms with Gasteiger partial charge in [-0.05, 0) is 51.0 Å². The number of hydrogen-bond donors (Lipinski definition) is 3. The fourth-order valence-corrected chi connectivity index (χ4v) is 3.56. The number of aliphatic imine (C=N–C) groups is 1. The molecule has 0 amide bonds. The fraction of sp³-hybridized carbons (Fsp3) is 0.571. The Labute approximate surface area is 189 Å². The summed E-state index contributed by atoms with van der Waals surface area (Å²) in [5.74, 6) is 0.608. The Morgan fingerprint density at radius 2 is 2.03 bits per heavy atom. The molecule has 1 saturated heterocycles. The molecule has 1 aliphatic heterocycles. The van der Waals surface area contributed by atoms with Crippen LogP contribution in [-0.4, -0.2) is 67.3 Å². The first kappa shape index (κ1) is 23.9. The van der Waals surface area contributed by atoms with Gasteiger partial charge in [0.25, 0.3) is 0 Å². The van der Waals surface area contributed by atoms with Crippen molar-refractivity contribution in [2.45, 2.75) is 32.7 Å². The van der Waals surface area contributed by atoms with Gasteiger partial charge < -0.3 is 20.4 Å². The van der Waals surface area contributed by atoms with Crippen LogP contribution >= 0.6 is 24.0 Å². The number of halogens is 2. The van der Waals surface area contributed by atoms with Crippen LogP contribution in [-0.2, 0) is 11.2 Å². The Morgan fingerprint density at radius 3 is 2.76 bits per heavy atom. The van der Waals surface area contributed by atoms with E-state index < -0.39 is 0 Å². The van der Waals surface area contributed by atoms with E-state index in [-0.39, 0.29) is 35.3 Å². The van der Waals surface area contributed by atoms with Crippen LogP contribution in [0, 0.1) is 5.82 Å². The first-order chi connectivity index (χ1) is 13.5. The molecule has 0 radical (unpaired) electrons. The largest absolute Gasteiger partial charge is 0.379 e. The third kappa shape index (κ3) is 6.55. The van der Waals surface area contributed by atoms with Gasteiger partial charge in [-0.25, -0.2) is 4.39 Å². The number of morpholine rings is 1. The Hall–Kier alpha value is -1.39. The summed E-state index contributed by atoms with van der Waals surface area (Å²) >= 11 is 0. The summed E-state index contributed by atoms with van der Waals surface area (Å²) < 4.78 is 19.0. The smallest absolute Gasteiger partial charge is 0.191 e. The number of ether oxygens (including phenoxy) is 1. The van der Waals surface area contributed by atoms with Crippen LogP contribution in [0.5, 0.6) is 0 Å². The maximum atomic E-state index is 13.5. The molecule has 0 bridgehead atoms. The van der Waals surface area contributed by atoms with Crippen LogP contribution < -0.4 is 10.6 Å². The minimum atomic E-state index is -0.207. The molecule has 29 heavy (non-hydrogen) atoms. The molecule has 8 heteroatoms. The molecule has 2 heterocycles. The van der Waals surface area contributed by atoms with Crippen LogP contribution in [0.1, 0.15) is 26.3 Å². The number of nitrogens with one attached hydrogen (secondary N) is 3. The van der Waals surface area contributed by atoms with Gasteiger partial charge in [-0.2, -0.15) is 0 Å². The van der Waals surface area contributed by atoms with Gasteiger partial charge in [0.05, 0.1) is 19.8 Å². The van der Waals surface area contributed by atoms with Crippen molar-refractivity contribution in [3.8, 4) is 0 Å². The van der Waals surface area contributed by atoms with Crippen molar-refractivity contribution in [3.63, 3.8) is 0 Å². The highest BCUT2D eigenvalue weighted by molar-refractivity contribution is 14.0. The summed E-state index contributed by atoms with van der Waals surface area (Å²) in [7, 11) is 0. The van der Waals surface area contributed by atoms with Gasteiger partial charge in [-0.1, -0.05) is 0 Å². The zero-order valence-corrected chi connectivity index (χ0v) is 19.9. The normalized spacial score (nSPS) is 15.9. The summed E-state index contributed by atoms with van der Waals surface area (Å²) in [4.78, 5) is 10.4. The highest BCUT2D eigenvalue weighted by Gasteiger charge is 2.28. The van der Waals surface area contributed by atoms with E-state index in [2.05, 4.69) is 41.3 Å². The molecule has 6 nitrogen and oxygen atoms in total. The molecule has 1 fully saturated rings. The quantitative estimate of drug-likeness (QED) is 0.300. The number of H-pyrrole nitrogens is 1. The van der Waals surface area contributed by atoms with Crippen molar-refractivity contribution < 1.29 is 9.13 Å². The number of aromatic nitrogens is 1. The van der Waals surface area contributed by atoms with E-state index in [0.717, 1.165) is 68.2 Å². The second-order valence-electron chi connectivity index (χ2n) is 7.79. The Morgan fingerprint density at radius 1 is 1.28 bits per heavy atom. The molecule has 0 saturated carbocycles. The van der Waals surface area contributed by atoms with E-state index in [4.69, 9.17) is 9.73 Å². The van der Waals surface area contributed by atoms with E-state index >= 15 is 0 Å². The van der Waals surface area contributed by atoms with Gasteiger partial charge in [0, 0.05) is 48.8 Å². The van der Waals surface area contributed by atoms with Gasteiger partial charge in [-0.15, -0.1) is 24.0 Å². The van der Waals surface area contributed by atoms with Crippen molar-refractivity contribution in [1.29, 1.82) is 0 Å². The lowest BCUT2D eigenvalue weighted by Crippen LogP contribution is -2.52. The average molecular weight is 517 g/mol. The van der Waals surface area contributed by atoms with Crippen LogP contribution in [0.4, 0.5) is 4.39 Å². The van der Waals surface area contributed by atoms with E-state index in [1.807, 2.05) is 6.20 Å². The molecule has 2 aromatic rings. The van der Waals surface area contributed by atoms with Gasteiger partial charge >= 0.3 is 0 Å². The minimum absolute atomic E-state index is 0. The molecule has 0 aliphatic carbocycles. The summed E-state index contributed by atoms with van der Waals surface area (Å²) in [5, 5.41) is 7.66. The van der Waals surface area contributed by atoms with E-state index in [1.54, 1.807) is 12.1 Å². The maximum absolute atomic E-state index is 13.5. The summed E-state index contributed by atoms with van der Waals surface area (Å²) in [6, 6.07) is 4.85. The molecular weight excluding hydrogens is 484 g/mol. The first-order valence-corrected chi connectivity index (χ1v) is 10.1. The fourth-order valence-electron chi connectivity index (χ4n) is 3.56. The lowest BCUT2D eigenvalue weighted by atomic mass is 10.0. The lowest BCUT2D eigenvalue weighted by Gasteiger charge is -2.39. The van der Waals surface area contributed by atoms with Crippen LogP contribution in [0.25, 0.3) is 10.9 Å². The van der Waals surface area contributed by atoms with Crippen LogP contribution in [0.3, 0.4) is 0 Å². The molecule has 0 atom stereocenters. The second kappa shape index (κ2) is 11.1. The van der Waals surface area contributed by atoms with E-state index in [1.165, 1.54) is 6.07 Å². The molecule has 3 rings (SSSR count). The van der Waals surface area contributed by atoms with Crippen LogP contribution in [0.15, 0.2) is 29.4 Å².